The standard InChI is InChI=1S/C23H21Cl2N3O4S/c1-32-18-6-8-19(9-7-18)33(30,31)28-12-2-3-15-13-16(5-11-22(15)28)26-23(29)27-17-4-10-20(24)21(25)14-17/h4-11,13-14H,2-3,12H2,1H3,(H2,26,27,29). The number of fused-ring (bicyclic) bond motifs is 1. The predicted molar refractivity (Wildman–Crippen MR) is 131 cm³/mol. The van der Waals surface area contributed by atoms with Gasteiger partial charge in [-0.2, -0.15) is 0 Å². The fraction of sp³-hybridized carbons (Fsp3) is 0.174. The zero-order valence-corrected chi connectivity index (χ0v) is 20.0. The molecular weight excluding hydrogens is 485 g/mol. The minimum absolute atomic E-state index is 0.194. The van der Waals surface area contributed by atoms with Crippen molar-refractivity contribution in [2.24, 2.45) is 0 Å². The van der Waals surface area contributed by atoms with E-state index in [1.165, 1.54) is 23.5 Å². The maximum absolute atomic E-state index is 13.3. The molecule has 3 aromatic rings. The number of hydrogen-bond donors (Lipinski definition) is 2. The Morgan fingerprint density at radius 1 is 0.939 bits per heavy atom. The quantitative estimate of drug-likeness (QED) is 0.459. The van der Waals surface area contributed by atoms with E-state index >= 15 is 0 Å². The zero-order valence-electron chi connectivity index (χ0n) is 17.6. The number of nitrogens with zero attached hydrogens (tertiary/aromatic N) is 1. The molecule has 0 radical (unpaired) electrons. The molecule has 0 saturated carbocycles. The summed E-state index contributed by atoms with van der Waals surface area (Å²) in [6.45, 7) is 0.381. The highest BCUT2D eigenvalue weighted by Crippen LogP contribution is 2.34. The van der Waals surface area contributed by atoms with Crippen LogP contribution in [-0.4, -0.2) is 28.1 Å². The molecule has 2 N–H and O–H groups in total. The van der Waals surface area contributed by atoms with Crippen molar-refractivity contribution >= 4 is 56.3 Å². The largest absolute Gasteiger partial charge is 0.497 e. The van der Waals surface area contributed by atoms with Crippen molar-refractivity contribution in [2.75, 3.05) is 28.6 Å². The van der Waals surface area contributed by atoms with E-state index in [0.717, 1.165) is 5.56 Å². The van der Waals surface area contributed by atoms with Crippen molar-refractivity contribution < 1.29 is 17.9 Å². The lowest BCUT2D eigenvalue weighted by molar-refractivity contribution is 0.262. The summed E-state index contributed by atoms with van der Waals surface area (Å²) >= 11 is 11.9. The second-order valence-corrected chi connectivity index (χ2v) is 10.1. The summed E-state index contributed by atoms with van der Waals surface area (Å²) in [6.07, 6.45) is 1.37. The molecule has 2 amide bonds. The Bertz CT molecular complexity index is 1300. The minimum atomic E-state index is -3.73. The minimum Gasteiger partial charge on any atom is -0.497 e. The molecule has 1 aliphatic heterocycles. The molecule has 0 saturated heterocycles. The fourth-order valence-electron chi connectivity index (χ4n) is 3.63. The van der Waals surface area contributed by atoms with Gasteiger partial charge in [0.25, 0.3) is 10.0 Å². The molecule has 1 heterocycles. The molecule has 1 aliphatic rings. The van der Waals surface area contributed by atoms with Crippen LogP contribution in [0.5, 0.6) is 5.75 Å². The molecule has 0 aliphatic carbocycles. The smallest absolute Gasteiger partial charge is 0.323 e. The van der Waals surface area contributed by atoms with E-state index in [-0.39, 0.29) is 4.90 Å². The van der Waals surface area contributed by atoms with Gasteiger partial charge in [-0.3, -0.25) is 4.31 Å². The number of sulfonamides is 1. The van der Waals surface area contributed by atoms with Crippen LogP contribution in [0.3, 0.4) is 0 Å². The number of anilines is 3. The van der Waals surface area contributed by atoms with E-state index < -0.39 is 16.1 Å². The van der Waals surface area contributed by atoms with Gasteiger partial charge < -0.3 is 15.4 Å². The number of amides is 2. The van der Waals surface area contributed by atoms with Gasteiger partial charge in [0.2, 0.25) is 0 Å². The average molecular weight is 506 g/mol. The Kier molecular flexibility index (Phi) is 6.69. The normalized spacial score (nSPS) is 13.2. The summed E-state index contributed by atoms with van der Waals surface area (Å²) in [4.78, 5) is 12.6. The Labute approximate surface area is 202 Å². The number of carbonyl (C=O) groups excluding carboxylic acids is 1. The van der Waals surface area contributed by atoms with Crippen LogP contribution >= 0.6 is 23.2 Å². The van der Waals surface area contributed by atoms with Gasteiger partial charge in [-0.15, -0.1) is 0 Å². The van der Waals surface area contributed by atoms with E-state index in [1.807, 2.05) is 0 Å². The monoisotopic (exact) mass is 505 g/mol. The first-order valence-corrected chi connectivity index (χ1v) is 12.3. The second kappa shape index (κ2) is 9.51. The van der Waals surface area contributed by atoms with Crippen molar-refractivity contribution in [2.45, 2.75) is 17.7 Å². The van der Waals surface area contributed by atoms with Gasteiger partial charge in [0, 0.05) is 17.9 Å². The third-order valence-corrected chi connectivity index (χ3v) is 7.80. The molecule has 0 fully saturated rings. The highest BCUT2D eigenvalue weighted by atomic mass is 35.5. The van der Waals surface area contributed by atoms with Crippen LogP contribution in [-0.2, 0) is 16.4 Å². The van der Waals surface area contributed by atoms with E-state index in [1.54, 1.807) is 48.5 Å². The summed E-state index contributed by atoms with van der Waals surface area (Å²) in [7, 11) is -2.20. The van der Waals surface area contributed by atoms with Crippen LogP contribution in [0, 0.1) is 0 Å². The lowest BCUT2D eigenvalue weighted by Crippen LogP contribution is -2.35. The number of halogens is 2. The van der Waals surface area contributed by atoms with Gasteiger partial charge in [0.05, 0.1) is 27.7 Å². The number of methoxy groups -OCH3 is 1. The highest BCUT2D eigenvalue weighted by molar-refractivity contribution is 7.92. The lowest BCUT2D eigenvalue weighted by Gasteiger charge is -2.31. The first-order chi connectivity index (χ1) is 15.8. The molecule has 7 nitrogen and oxygen atoms in total. The topological polar surface area (TPSA) is 87.7 Å². The van der Waals surface area contributed by atoms with E-state index in [4.69, 9.17) is 27.9 Å². The second-order valence-electron chi connectivity index (χ2n) is 7.41. The molecular formula is C23H21Cl2N3O4S. The van der Waals surface area contributed by atoms with Crippen molar-refractivity contribution in [1.82, 2.24) is 0 Å². The first kappa shape index (κ1) is 23.2. The summed E-state index contributed by atoms with van der Waals surface area (Å²) in [5.41, 5.74) is 2.49. The van der Waals surface area contributed by atoms with Crippen LogP contribution in [0.1, 0.15) is 12.0 Å². The van der Waals surface area contributed by atoms with E-state index in [0.29, 0.717) is 52.2 Å². The Morgan fingerprint density at radius 3 is 2.27 bits per heavy atom. The van der Waals surface area contributed by atoms with E-state index in [9.17, 15) is 13.2 Å². The van der Waals surface area contributed by atoms with Crippen LogP contribution < -0.4 is 19.7 Å². The van der Waals surface area contributed by atoms with Crippen LogP contribution in [0.15, 0.2) is 65.6 Å². The highest BCUT2D eigenvalue weighted by Gasteiger charge is 2.29. The third kappa shape index (κ3) is 5.03. The van der Waals surface area contributed by atoms with Gasteiger partial charge >= 0.3 is 6.03 Å². The average Bonchev–Trinajstić information content (AvgIpc) is 2.81. The SMILES string of the molecule is COc1ccc(S(=O)(=O)N2CCCc3cc(NC(=O)Nc4ccc(Cl)c(Cl)c4)ccc32)cc1. The first-order valence-electron chi connectivity index (χ1n) is 10.1. The number of ether oxygens (including phenoxy) is 1. The van der Waals surface area contributed by atoms with Gasteiger partial charge in [0.15, 0.2) is 0 Å². The number of aryl methyl sites for hydroxylation is 1. The molecule has 3 aromatic carbocycles. The van der Waals surface area contributed by atoms with Crippen molar-refractivity contribution in [3.8, 4) is 5.75 Å². The number of benzene rings is 3. The van der Waals surface area contributed by atoms with Gasteiger partial charge in [0.1, 0.15) is 5.75 Å². The Morgan fingerprint density at radius 2 is 1.61 bits per heavy atom. The zero-order chi connectivity index (χ0) is 23.6. The fourth-order valence-corrected chi connectivity index (χ4v) is 5.47. The molecule has 0 aromatic heterocycles. The molecule has 33 heavy (non-hydrogen) atoms. The lowest BCUT2D eigenvalue weighted by atomic mass is 10.0. The predicted octanol–water partition coefficient (Wildman–Crippen LogP) is 5.79. The summed E-state index contributed by atoms with van der Waals surface area (Å²) in [5, 5.41) is 6.19. The number of carbonyl (C=O) groups is 1. The number of hydrogen-bond acceptors (Lipinski definition) is 4. The molecule has 0 unspecified atom stereocenters. The van der Waals surface area contributed by atoms with E-state index in [2.05, 4.69) is 10.6 Å². The molecule has 10 heteroatoms. The third-order valence-electron chi connectivity index (χ3n) is 5.24. The van der Waals surface area contributed by atoms with Crippen molar-refractivity contribution in [3.63, 3.8) is 0 Å². The van der Waals surface area contributed by atoms with Gasteiger partial charge in [-0.05, 0) is 79.1 Å². The maximum atomic E-state index is 13.3. The Balaban J connectivity index is 1.52. The van der Waals surface area contributed by atoms with Crippen molar-refractivity contribution in [3.05, 3.63) is 76.3 Å². The molecule has 0 atom stereocenters. The van der Waals surface area contributed by atoms with Gasteiger partial charge in [-0.25, -0.2) is 13.2 Å². The van der Waals surface area contributed by atoms with Crippen LogP contribution in [0.2, 0.25) is 10.0 Å². The number of nitrogens with one attached hydrogen (secondary N) is 2. The summed E-state index contributed by atoms with van der Waals surface area (Å²) in [6, 6.07) is 15.8. The molecule has 4 rings (SSSR count). The number of urea groups is 1. The number of rotatable bonds is 5. The Hall–Kier alpha value is -2.94. The van der Waals surface area contributed by atoms with Crippen molar-refractivity contribution in [1.29, 1.82) is 0 Å². The molecule has 172 valence electrons. The summed E-state index contributed by atoms with van der Waals surface area (Å²) in [5.74, 6) is 0.586. The maximum Gasteiger partial charge on any atom is 0.323 e. The van der Waals surface area contributed by atoms with Crippen LogP contribution in [0.4, 0.5) is 21.9 Å². The van der Waals surface area contributed by atoms with Crippen LogP contribution in [0.25, 0.3) is 0 Å². The summed E-state index contributed by atoms with van der Waals surface area (Å²) < 4.78 is 33.0. The molecule has 0 bridgehead atoms. The van der Waals surface area contributed by atoms with Gasteiger partial charge in [-0.1, -0.05) is 23.2 Å². The molecule has 0 spiro atoms.